The Hall–Kier alpha value is -0.290. The molecule has 2 atom stereocenters. The molecule has 1 saturated heterocycles. The Kier molecular flexibility index (Phi) is 3.09. The number of alkyl halides is 3. The fraction of sp³-hybridized carbons (Fsp3) is 1.00. The van der Waals surface area contributed by atoms with Gasteiger partial charge in [-0.1, -0.05) is 20.8 Å². The Balaban J connectivity index is 2.80. The molecule has 0 aromatic rings. The quantitative estimate of drug-likeness (QED) is 0.683. The maximum absolute atomic E-state index is 12.7. The van der Waals surface area contributed by atoms with Gasteiger partial charge < -0.3 is 10.1 Å². The predicted molar refractivity (Wildman–Crippen MR) is 51.7 cm³/mol. The molecule has 0 radical (unpaired) electrons. The first-order chi connectivity index (χ1) is 6.56. The van der Waals surface area contributed by atoms with Gasteiger partial charge in [0.05, 0.1) is 6.10 Å². The first kappa shape index (κ1) is 12.8. The Morgan fingerprint density at radius 1 is 1.27 bits per heavy atom. The summed E-state index contributed by atoms with van der Waals surface area (Å²) in [7, 11) is 0. The van der Waals surface area contributed by atoms with E-state index in [-0.39, 0.29) is 12.0 Å². The van der Waals surface area contributed by atoms with E-state index in [0.29, 0.717) is 6.54 Å². The van der Waals surface area contributed by atoms with Crippen LogP contribution in [0.1, 0.15) is 27.7 Å². The van der Waals surface area contributed by atoms with Crippen LogP contribution in [0.3, 0.4) is 0 Å². The van der Waals surface area contributed by atoms with Crippen molar-refractivity contribution in [3.63, 3.8) is 0 Å². The Bertz CT molecular complexity index is 234. The normalized spacial score (nSPS) is 34.2. The Morgan fingerprint density at radius 2 is 1.80 bits per heavy atom. The predicted octanol–water partition coefficient (Wildman–Crippen LogP) is 2.34. The molecule has 0 amide bonds. The van der Waals surface area contributed by atoms with Crippen molar-refractivity contribution in [3.8, 4) is 0 Å². The van der Waals surface area contributed by atoms with Crippen molar-refractivity contribution in [2.75, 3.05) is 13.1 Å². The largest absolute Gasteiger partial charge is 0.418 e. The first-order valence-electron chi connectivity index (χ1n) is 5.01. The van der Waals surface area contributed by atoms with Gasteiger partial charge in [-0.05, 0) is 12.3 Å². The van der Waals surface area contributed by atoms with Crippen molar-refractivity contribution in [3.05, 3.63) is 0 Å². The van der Waals surface area contributed by atoms with Crippen LogP contribution in [0, 0.1) is 5.41 Å². The minimum absolute atomic E-state index is 0.178. The number of hydrogen-bond acceptors (Lipinski definition) is 2. The lowest BCUT2D eigenvalue weighted by Gasteiger charge is -2.44. The summed E-state index contributed by atoms with van der Waals surface area (Å²) in [5.41, 5.74) is -2.36. The summed E-state index contributed by atoms with van der Waals surface area (Å²) >= 11 is 0. The van der Waals surface area contributed by atoms with Gasteiger partial charge in [0.25, 0.3) is 0 Å². The van der Waals surface area contributed by atoms with E-state index in [1.807, 2.05) is 20.8 Å². The topological polar surface area (TPSA) is 21.3 Å². The summed E-state index contributed by atoms with van der Waals surface area (Å²) in [5.74, 6) is 0. The lowest BCUT2D eigenvalue weighted by atomic mass is 9.86. The minimum Gasteiger partial charge on any atom is -0.359 e. The van der Waals surface area contributed by atoms with Gasteiger partial charge in [0.15, 0.2) is 5.60 Å². The van der Waals surface area contributed by atoms with Crippen LogP contribution in [-0.4, -0.2) is 31.0 Å². The molecule has 0 aromatic carbocycles. The van der Waals surface area contributed by atoms with Crippen LogP contribution < -0.4 is 5.32 Å². The average Bonchev–Trinajstić information content (AvgIpc) is 2.00. The Morgan fingerprint density at radius 3 is 2.20 bits per heavy atom. The molecule has 1 fully saturated rings. The van der Waals surface area contributed by atoms with E-state index < -0.39 is 17.9 Å². The number of nitrogens with one attached hydrogen (secondary N) is 1. The maximum atomic E-state index is 12.7. The Labute approximate surface area is 88.2 Å². The molecule has 0 saturated carbocycles. The molecule has 15 heavy (non-hydrogen) atoms. The number of halogens is 3. The van der Waals surface area contributed by atoms with Crippen LogP contribution in [0.4, 0.5) is 13.2 Å². The molecule has 1 rings (SSSR count). The van der Waals surface area contributed by atoms with Gasteiger partial charge in [-0.15, -0.1) is 0 Å². The zero-order chi connectivity index (χ0) is 11.9. The van der Waals surface area contributed by atoms with E-state index in [1.54, 1.807) is 0 Å². The number of hydrogen-bond donors (Lipinski definition) is 1. The lowest BCUT2D eigenvalue weighted by Crippen LogP contribution is -2.62. The summed E-state index contributed by atoms with van der Waals surface area (Å²) < 4.78 is 43.4. The summed E-state index contributed by atoms with van der Waals surface area (Å²) in [5, 5.41) is 2.79. The van der Waals surface area contributed by atoms with E-state index >= 15 is 0 Å². The molecule has 1 N–H and O–H groups in total. The van der Waals surface area contributed by atoms with Gasteiger partial charge in [-0.2, -0.15) is 13.2 Å². The lowest BCUT2D eigenvalue weighted by molar-refractivity contribution is -0.300. The van der Waals surface area contributed by atoms with Crippen LogP contribution in [0.15, 0.2) is 0 Å². The van der Waals surface area contributed by atoms with Gasteiger partial charge >= 0.3 is 6.18 Å². The fourth-order valence-corrected chi connectivity index (χ4v) is 1.49. The minimum atomic E-state index is -4.33. The van der Waals surface area contributed by atoms with Crippen molar-refractivity contribution >= 4 is 0 Å². The highest BCUT2D eigenvalue weighted by atomic mass is 19.4. The van der Waals surface area contributed by atoms with Crippen molar-refractivity contribution in [1.29, 1.82) is 0 Å². The second kappa shape index (κ2) is 3.63. The third-order valence-electron chi connectivity index (χ3n) is 2.76. The summed E-state index contributed by atoms with van der Waals surface area (Å²) in [6.07, 6.45) is -4.75. The van der Waals surface area contributed by atoms with E-state index in [4.69, 9.17) is 4.74 Å². The van der Waals surface area contributed by atoms with Gasteiger partial charge in [0.2, 0.25) is 0 Å². The van der Waals surface area contributed by atoms with Gasteiger partial charge in [0, 0.05) is 13.1 Å². The van der Waals surface area contributed by atoms with Crippen molar-refractivity contribution < 1.29 is 17.9 Å². The summed E-state index contributed by atoms with van der Waals surface area (Å²) in [4.78, 5) is 0. The van der Waals surface area contributed by atoms with Crippen molar-refractivity contribution in [1.82, 2.24) is 5.32 Å². The highest BCUT2D eigenvalue weighted by molar-refractivity contribution is 4.94. The first-order valence-corrected chi connectivity index (χ1v) is 5.01. The highest BCUT2D eigenvalue weighted by Gasteiger charge is 2.55. The van der Waals surface area contributed by atoms with E-state index in [9.17, 15) is 13.2 Å². The second-order valence-electron chi connectivity index (χ2n) is 5.33. The van der Waals surface area contributed by atoms with Crippen LogP contribution in [0.5, 0.6) is 0 Å². The van der Waals surface area contributed by atoms with Crippen molar-refractivity contribution in [2.45, 2.75) is 45.6 Å². The number of morpholine rings is 1. The van der Waals surface area contributed by atoms with E-state index in [0.717, 1.165) is 6.92 Å². The van der Waals surface area contributed by atoms with Gasteiger partial charge in [0.1, 0.15) is 0 Å². The molecule has 2 nitrogen and oxygen atoms in total. The van der Waals surface area contributed by atoms with E-state index in [2.05, 4.69) is 5.32 Å². The van der Waals surface area contributed by atoms with Crippen LogP contribution in [-0.2, 0) is 4.74 Å². The average molecular weight is 225 g/mol. The molecule has 0 aromatic heterocycles. The third-order valence-corrected chi connectivity index (χ3v) is 2.76. The zero-order valence-electron chi connectivity index (χ0n) is 9.53. The molecule has 0 aliphatic carbocycles. The third kappa shape index (κ3) is 2.64. The highest BCUT2D eigenvalue weighted by Crippen LogP contribution is 2.38. The SMILES string of the molecule is CC(C)(C)C1CNCC(C)(C(F)(F)F)O1. The zero-order valence-corrected chi connectivity index (χ0v) is 9.53. The van der Waals surface area contributed by atoms with Gasteiger partial charge in [-0.25, -0.2) is 0 Å². The molecule has 5 heteroatoms. The molecule has 1 heterocycles. The molecular weight excluding hydrogens is 207 g/mol. The summed E-state index contributed by atoms with van der Waals surface area (Å²) in [6.45, 7) is 7.01. The van der Waals surface area contributed by atoms with Gasteiger partial charge in [-0.3, -0.25) is 0 Å². The molecule has 0 bridgehead atoms. The standard InChI is InChI=1S/C10H18F3NO/c1-8(2,3)7-5-14-6-9(4,15-7)10(11,12)13/h7,14H,5-6H2,1-4H3. The summed E-state index contributed by atoms with van der Waals surface area (Å²) in [6, 6.07) is 0. The molecule has 1 aliphatic heterocycles. The number of ether oxygens (including phenoxy) is 1. The van der Waals surface area contributed by atoms with Crippen molar-refractivity contribution in [2.24, 2.45) is 5.41 Å². The molecular formula is C10H18F3NO. The number of rotatable bonds is 0. The molecule has 1 aliphatic rings. The monoisotopic (exact) mass is 225 g/mol. The van der Waals surface area contributed by atoms with Crippen LogP contribution >= 0.6 is 0 Å². The van der Waals surface area contributed by atoms with E-state index in [1.165, 1.54) is 0 Å². The second-order valence-corrected chi connectivity index (χ2v) is 5.33. The maximum Gasteiger partial charge on any atom is 0.418 e. The smallest absolute Gasteiger partial charge is 0.359 e. The molecule has 2 unspecified atom stereocenters. The fourth-order valence-electron chi connectivity index (χ4n) is 1.49. The molecule has 0 spiro atoms. The van der Waals surface area contributed by atoms with Crippen LogP contribution in [0.25, 0.3) is 0 Å². The molecule has 90 valence electrons. The van der Waals surface area contributed by atoms with Crippen LogP contribution in [0.2, 0.25) is 0 Å².